The third-order valence-electron chi connectivity index (χ3n) is 3.92. The normalized spacial score (nSPS) is 10.2. The van der Waals surface area contributed by atoms with Crippen molar-refractivity contribution < 1.29 is 0 Å². The summed E-state index contributed by atoms with van der Waals surface area (Å²) in [6, 6.07) is 10.7. The summed E-state index contributed by atoms with van der Waals surface area (Å²) in [6.07, 6.45) is 7.69. The molecule has 0 aromatic heterocycles. The number of nitrogens with one attached hydrogen (secondary N) is 1. The van der Waals surface area contributed by atoms with Crippen molar-refractivity contribution in [1.29, 1.82) is 0 Å². The maximum atomic E-state index is 3.57. The smallest absolute Gasteiger partial charge is 0.000664 e. The highest BCUT2D eigenvalue weighted by Gasteiger charge is 2.03. The molecular formula is C19H36Cl2N2. The van der Waals surface area contributed by atoms with E-state index in [1.165, 1.54) is 57.3 Å². The van der Waals surface area contributed by atoms with Gasteiger partial charge in [-0.05, 0) is 64.0 Å². The molecular weight excluding hydrogens is 327 g/mol. The van der Waals surface area contributed by atoms with E-state index >= 15 is 0 Å². The molecule has 2 nitrogen and oxygen atoms in total. The van der Waals surface area contributed by atoms with E-state index in [1.54, 1.807) is 0 Å². The van der Waals surface area contributed by atoms with E-state index in [9.17, 15) is 0 Å². The molecule has 0 heterocycles. The van der Waals surface area contributed by atoms with Crippen LogP contribution in [0, 0.1) is 0 Å². The fourth-order valence-electron chi connectivity index (χ4n) is 2.53. The summed E-state index contributed by atoms with van der Waals surface area (Å²) < 4.78 is 0. The van der Waals surface area contributed by atoms with Crippen molar-refractivity contribution >= 4 is 24.8 Å². The van der Waals surface area contributed by atoms with Gasteiger partial charge in [-0.15, -0.1) is 24.8 Å². The SMILES string of the molecule is CCCCN(CCCC)CCCNCCc1ccccc1.Cl.Cl. The Bertz CT molecular complexity index is 325. The Balaban J connectivity index is 0. The third-order valence-corrected chi connectivity index (χ3v) is 3.92. The van der Waals surface area contributed by atoms with Crippen molar-refractivity contribution in [3.05, 3.63) is 35.9 Å². The first-order valence-electron chi connectivity index (χ1n) is 8.83. The molecule has 0 spiro atoms. The molecule has 0 amide bonds. The van der Waals surface area contributed by atoms with Gasteiger partial charge in [0.1, 0.15) is 0 Å². The van der Waals surface area contributed by atoms with Gasteiger partial charge in [0, 0.05) is 0 Å². The Morgan fingerprint density at radius 2 is 1.35 bits per heavy atom. The molecule has 4 heteroatoms. The van der Waals surface area contributed by atoms with Crippen molar-refractivity contribution in [3.63, 3.8) is 0 Å². The second-order valence-electron chi connectivity index (χ2n) is 5.89. The largest absolute Gasteiger partial charge is 0.316 e. The first kappa shape index (κ1) is 25.0. The molecule has 0 bridgehead atoms. The fraction of sp³-hybridized carbons (Fsp3) is 0.684. The quantitative estimate of drug-likeness (QED) is 0.499. The number of halogens is 2. The number of unbranched alkanes of at least 4 members (excludes halogenated alkanes) is 2. The Morgan fingerprint density at radius 1 is 0.783 bits per heavy atom. The van der Waals surface area contributed by atoms with Crippen LogP contribution in [0.15, 0.2) is 30.3 Å². The van der Waals surface area contributed by atoms with Gasteiger partial charge in [0.2, 0.25) is 0 Å². The van der Waals surface area contributed by atoms with E-state index in [0.29, 0.717) is 0 Å². The third kappa shape index (κ3) is 13.8. The minimum atomic E-state index is 0. The number of hydrogen-bond donors (Lipinski definition) is 1. The van der Waals surface area contributed by atoms with Gasteiger partial charge in [0.05, 0.1) is 0 Å². The summed E-state index contributed by atoms with van der Waals surface area (Å²) in [5, 5.41) is 3.57. The second kappa shape index (κ2) is 18.1. The molecule has 0 fully saturated rings. The lowest BCUT2D eigenvalue weighted by Gasteiger charge is -2.21. The standard InChI is InChI=1S/C19H34N2.2ClH/c1-3-5-16-21(17-6-4-2)18-10-14-20-15-13-19-11-8-7-9-12-19;;/h7-9,11-12,20H,3-6,10,13-18H2,1-2H3;2*1H. The molecule has 0 saturated carbocycles. The predicted molar refractivity (Wildman–Crippen MR) is 108 cm³/mol. The molecule has 0 saturated heterocycles. The lowest BCUT2D eigenvalue weighted by molar-refractivity contribution is 0.261. The van der Waals surface area contributed by atoms with Gasteiger partial charge in [0.15, 0.2) is 0 Å². The molecule has 0 aliphatic carbocycles. The van der Waals surface area contributed by atoms with Crippen LogP contribution in [0.4, 0.5) is 0 Å². The van der Waals surface area contributed by atoms with Crippen LogP contribution in [0.5, 0.6) is 0 Å². The highest BCUT2D eigenvalue weighted by atomic mass is 35.5. The zero-order chi connectivity index (χ0) is 15.2. The van der Waals surface area contributed by atoms with Crippen LogP contribution in [-0.2, 0) is 6.42 Å². The van der Waals surface area contributed by atoms with Crippen LogP contribution in [0.3, 0.4) is 0 Å². The van der Waals surface area contributed by atoms with Crippen LogP contribution in [0.1, 0.15) is 51.5 Å². The topological polar surface area (TPSA) is 15.3 Å². The Kier molecular flexibility index (Phi) is 19.6. The van der Waals surface area contributed by atoms with E-state index in [-0.39, 0.29) is 24.8 Å². The Morgan fingerprint density at radius 3 is 1.91 bits per heavy atom. The molecule has 0 atom stereocenters. The average Bonchev–Trinajstić information content (AvgIpc) is 2.53. The van der Waals surface area contributed by atoms with Crippen molar-refractivity contribution in [3.8, 4) is 0 Å². The van der Waals surface area contributed by atoms with Crippen molar-refractivity contribution in [1.82, 2.24) is 10.2 Å². The summed E-state index contributed by atoms with van der Waals surface area (Å²) in [4.78, 5) is 2.64. The zero-order valence-electron chi connectivity index (χ0n) is 14.9. The van der Waals surface area contributed by atoms with E-state index in [2.05, 4.69) is 54.4 Å². The molecule has 0 aliphatic rings. The Labute approximate surface area is 156 Å². The Hall–Kier alpha value is -0.280. The van der Waals surface area contributed by atoms with Crippen molar-refractivity contribution in [2.75, 3.05) is 32.7 Å². The van der Waals surface area contributed by atoms with Crippen LogP contribution in [0.2, 0.25) is 0 Å². The summed E-state index contributed by atoms with van der Waals surface area (Å²) in [5.41, 5.74) is 1.43. The van der Waals surface area contributed by atoms with Gasteiger partial charge in [0.25, 0.3) is 0 Å². The molecule has 1 aromatic rings. The molecule has 0 unspecified atom stereocenters. The van der Waals surface area contributed by atoms with Gasteiger partial charge in [-0.2, -0.15) is 0 Å². The number of benzene rings is 1. The minimum absolute atomic E-state index is 0. The molecule has 1 aromatic carbocycles. The highest BCUT2D eigenvalue weighted by Crippen LogP contribution is 2.01. The summed E-state index contributed by atoms with van der Waals surface area (Å²) >= 11 is 0. The van der Waals surface area contributed by atoms with Gasteiger partial charge < -0.3 is 10.2 Å². The predicted octanol–water partition coefficient (Wildman–Crippen LogP) is 4.95. The monoisotopic (exact) mass is 362 g/mol. The van der Waals surface area contributed by atoms with E-state index in [0.717, 1.165) is 19.5 Å². The molecule has 0 radical (unpaired) electrons. The van der Waals surface area contributed by atoms with Gasteiger partial charge in [-0.1, -0.05) is 57.0 Å². The number of nitrogens with zero attached hydrogens (tertiary/aromatic N) is 1. The lowest BCUT2D eigenvalue weighted by Crippen LogP contribution is -2.30. The van der Waals surface area contributed by atoms with E-state index < -0.39 is 0 Å². The van der Waals surface area contributed by atoms with Gasteiger partial charge in [-0.25, -0.2) is 0 Å². The van der Waals surface area contributed by atoms with Gasteiger partial charge in [-0.3, -0.25) is 0 Å². The van der Waals surface area contributed by atoms with Crippen LogP contribution >= 0.6 is 24.8 Å². The van der Waals surface area contributed by atoms with Crippen molar-refractivity contribution in [2.24, 2.45) is 0 Å². The van der Waals surface area contributed by atoms with E-state index in [1.807, 2.05) is 0 Å². The van der Waals surface area contributed by atoms with E-state index in [4.69, 9.17) is 0 Å². The van der Waals surface area contributed by atoms with Crippen LogP contribution < -0.4 is 5.32 Å². The molecule has 23 heavy (non-hydrogen) atoms. The van der Waals surface area contributed by atoms with Gasteiger partial charge >= 0.3 is 0 Å². The molecule has 136 valence electrons. The fourth-order valence-corrected chi connectivity index (χ4v) is 2.53. The van der Waals surface area contributed by atoms with Crippen LogP contribution in [0.25, 0.3) is 0 Å². The summed E-state index contributed by atoms with van der Waals surface area (Å²) in [7, 11) is 0. The number of hydrogen-bond acceptors (Lipinski definition) is 2. The minimum Gasteiger partial charge on any atom is -0.316 e. The molecule has 1 rings (SSSR count). The lowest BCUT2D eigenvalue weighted by atomic mass is 10.1. The summed E-state index contributed by atoms with van der Waals surface area (Å²) in [6.45, 7) is 10.6. The first-order chi connectivity index (χ1) is 10.4. The molecule has 0 aliphatic heterocycles. The molecule has 1 N–H and O–H groups in total. The van der Waals surface area contributed by atoms with Crippen LogP contribution in [-0.4, -0.2) is 37.6 Å². The maximum Gasteiger partial charge on any atom is -0.000664 e. The highest BCUT2D eigenvalue weighted by molar-refractivity contribution is 5.85. The zero-order valence-corrected chi connectivity index (χ0v) is 16.6. The maximum absolute atomic E-state index is 3.57. The summed E-state index contributed by atoms with van der Waals surface area (Å²) in [5.74, 6) is 0. The number of rotatable bonds is 13. The second-order valence-corrected chi connectivity index (χ2v) is 5.89. The average molecular weight is 363 g/mol. The first-order valence-corrected chi connectivity index (χ1v) is 8.83. The van der Waals surface area contributed by atoms with Crippen molar-refractivity contribution in [2.45, 2.75) is 52.4 Å².